The molecule has 0 N–H and O–H groups in total. The van der Waals surface area contributed by atoms with E-state index in [4.69, 9.17) is 4.74 Å². The lowest BCUT2D eigenvalue weighted by molar-refractivity contribution is 0.112. The van der Waals surface area contributed by atoms with Crippen LogP contribution in [-0.2, 0) is 6.54 Å². The van der Waals surface area contributed by atoms with Gasteiger partial charge in [0.2, 0.25) is 0 Å². The van der Waals surface area contributed by atoms with E-state index in [0.717, 1.165) is 28.6 Å². The van der Waals surface area contributed by atoms with Crippen molar-refractivity contribution in [3.63, 3.8) is 0 Å². The Morgan fingerprint density at radius 2 is 2.20 bits per heavy atom. The lowest BCUT2D eigenvalue weighted by atomic mass is 10.2. The summed E-state index contributed by atoms with van der Waals surface area (Å²) in [5, 5.41) is 0.898. The zero-order valence-electron chi connectivity index (χ0n) is 11.1. The maximum atomic E-state index is 11.2. The van der Waals surface area contributed by atoms with E-state index in [1.807, 2.05) is 47.2 Å². The van der Waals surface area contributed by atoms with Crippen molar-refractivity contribution in [3.8, 4) is 5.75 Å². The second kappa shape index (κ2) is 5.17. The van der Waals surface area contributed by atoms with Crippen LogP contribution in [0.4, 0.5) is 0 Å². The minimum atomic E-state index is 0.636. The highest BCUT2D eigenvalue weighted by Gasteiger charge is 2.09. The quantitative estimate of drug-likeness (QED) is 0.682. The molecule has 0 saturated heterocycles. The molecule has 0 spiro atoms. The Bertz CT molecular complexity index is 748. The first-order chi connectivity index (χ1) is 9.81. The van der Waals surface area contributed by atoms with Crippen molar-refractivity contribution in [3.05, 3.63) is 60.0 Å². The molecule has 0 aliphatic rings. The predicted octanol–water partition coefficient (Wildman–Crippen LogP) is 2.91. The standard InChI is InChI=1S/C16H14N2O2/c1-20-14-5-6-16-15(8-14)12(11-19)9-18(16)10-13-4-2-3-7-17-13/h2-9,11H,10H2,1H3. The van der Waals surface area contributed by atoms with Crippen molar-refractivity contribution in [2.45, 2.75) is 6.54 Å². The molecule has 0 unspecified atom stereocenters. The average Bonchev–Trinajstić information content (AvgIpc) is 2.85. The second-order valence-corrected chi connectivity index (χ2v) is 4.53. The monoisotopic (exact) mass is 266 g/mol. The molecule has 20 heavy (non-hydrogen) atoms. The number of ether oxygens (including phenoxy) is 1. The number of aldehydes is 1. The Morgan fingerprint density at radius 3 is 2.90 bits per heavy atom. The molecule has 0 saturated carbocycles. The highest BCUT2D eigenvalue weighted by molar-refractivity contribution is 5.98. The van der Waals surface area contributed by atoms with Crippen molar-refractivity contribution in [2.75, 3.05) is 7.11 Å². The maximum Gasteiger partial charge on any atom is 0.152 e. The fourth-order valence-corrected chi connectivity index (χ4v) is 2.32. The first kappa shape index (κ1) is 12.4. The third kappa shape index (κ3) is 2.16. The van der Waals surface area contributed by atoms with Gasteiger partial charge in [0.15, 0.2) is 6.29 Å². The molecule has 0 atom stereocenters. The van der Waals surface area contributed by atoms with Gasteiger partial charge in [0.25, 0.3) is 0 Å². The fraction of sp³-hybridized carbons (Fsp3) is 0.125. The van der Waals surface area contributed by atoms with E-state index in [-0.39, 0.29) is 0 Å². The van der Waals surface area contributed by atoms with Gasteiger partial charge in [0.05, 0.1) is 19.3 Å². The van der Waals surface area contributed by atoms with E-state index in [1.54, 1.807) is 13.3 Å². The molecule has 0 aliphatic heterocycles. The molecule has 0 aliphatic carbocycles. The van der Waals surface area contributed by atoms with Crippen LogP contribution in [0.2, 0.25) is 0 Å². The fourth-order valence-electron chi connectivity index (χ4n) is 2.32. The van der Waals surface area contributed by atoms with E-state index in [9.17, 15) is 4.79 Å². The zero-order chi connectivity index (χ0) is 13.9. The third-order valence-corrected chi connectivity index (χ3v) is 3.30. The van der Waals surface area contributed by atoms with Gasteiger partial charge in [-0.2, -0.15) is 0 Å². The molecule has 1 aromatic carbocycles. The summed E-state index contributed by atoms with van der Waals surface area (Å²) in [4.78, 5) is 15.5. The van der Waals surface area contributed by atoms with Crippen LogP contribution in [0.3, 0.4) is 0 Å². The van der Waals surface area contributed by atoms with Gasteiger partial charge < -0.3 is 9.30 Å². The van der Waals surface area contributed by atoms with Crippen LogP contribution < -0.4 is 4.74 Å². The molecule has 0 amide bonds. The second-order valence-electron chi connectivity index (χ2n) is 4.53. The number of methoxy groups -OCH3 is 1. The number of carbonyl (C=O) groups is 1. The van der Waals surface area contributed by atoms with E-state index in [1.165, 1.54) is 0 Å². The molecule has 2 aromatic heterocycles. The van der Waals surface area contributed by atoms with Crippen LogP contribution >= 0.6 is 0 Å². The van der Waals surface area contributed by atoms with Gasteiger partial charge in [0, 0.05) is 28.9 Å². The van der Waals surface area contributed by atoms with Crippen LogP contribution in [0.15, 0.2) is 48.8 Å². The Hall–Kier alpha value is -2.62. The summed E-state index contributed by atoms with van der Waals surface area (Å²) >= 11 is 0. The van der Waals surface area contributed by atoms with E-state index >= 15 is 0 Å². The lowest BCUT2D eigenvalue weighted by Gasteiger charge is -2.05. The van der Waals surface area contributed by atoms with Crippen molar-refractivity contribution in [1.82, 2.24) is 9.55 Å². The molecule has 2 heterocycles. The minimum Gasteiger partial charge on any atom is -0.497 e. The number of fused-ring (bicyclic) bond motifs is 1. The first-order valence-corrected chi connectivity index (χ1v) is 6.34. The smallest absolute Gasteiger partial charge is 0.152 e. The molecule has 4 heteroatoms. The number of rotatable bonds is 4. The summed E-state index contributed by atoms with van der Waals surface area (Å²) in [6.07, 6.45) is 4.49. The van der Waals surface area contributed by atoms with E-state index in [0.29, 0.717) is 12.1 Å². The first-order valence-electron chi connectivity index (χ1n) is 6.34. The largest absolute Gasteiger partial charge is 0.497 e. The molecule has 0 radical (unpaired) electrons. The molecular weight excluding hydrogens is 252 g/mol. The van der Waals surface area contributed by atoms with Gasteiger partial charge in [-0.3, -0.25) is 9.78 Å². The minimum absolute atomic E-state index is 0.636. The topological polar surface area (TPSA) is 44.1 Å². The highest BCUT2D eigenvalue weighted by atomic mass is 16.5. The van der Waals surface area contributed by atoms with Crippen LogP contribution in [0.5, 0.6) is 5.75 Å². The number of carbonyl (C=O) groups excluding carboxylic acids is 1. The van der Waals surface area contributed by atoms with Crippen LogP contribution in [-0.4, -0.2) is 22.9 Å². The zero-order valence-corrected chi connectivity index (χ0v) is 11.1. The molecule has 0 fully saturated rings. The normalized spacial score (nSPS) is 10.7. The summed E-state index contributed by atoms with van der Waals surface area (Å²) in [5.74, 6) is 0.746. The highest BCUT2D eigenvalue weighted by Crippen LogP contribution is 2.25. The summed E-state index contributed by atoms with van der Waals surface area (Å²) in [5.41, 5.74) is 2.62. The van der Waals surface area contributed by atoms with Crippen LogP contribution in [0.25, 0.3) is 10.9 Å². The summed E-state index contributed by atoms with van der Waals surface area (Å²) in [6, 6.07) is 11.6. The van der Waals surface area contributed by atoms with Gasteiger partial charge in [-0.15, -0.1) is 0 Å². The van der Waals surface area contributed by atoms with E-state index in [2.05, 4.69) is 4.98 Å². The molecule has 3 aromatic rings. The van der Waals surface area contributed by atoms with Crippen molar-refractivity contribution < 1.29 is 9.53 Å². The van der Waals surface area contributed by atoms with Gasteiger partial charge in [0.1, 0.15) is 5.75 Å². The Balaban J connectivity index is 2.09. The Labute approximate surface area is 116 Å². The molecule has 100 valence electrons. The molecule has 4 nitrogen and oxygen atoms in total. The number of hydrogen-bond donors (Lipinski definition) is 0. The molecule has 3 rings (SSSR count). The number of aromatic nitrogens is 2. The van der Waals surface area contributed by atoms with Crippen LogP contribution in [0.1, 0.15) is 16.1 Å². The average molecular weight is 266 g/mol. The van der Waals surface area contributed by atoms with Crippen molar-refractivity contribution in [2.24, 2.45) is 0 Å². The summed E-state index contributed by atoms with van der Waals surface area (Å²) in [6.45, 7) is 0.636. The molecule has 0 bridgehead atoms. The van der Waals surface area contributed by atoms with Gasteiger partial charge in [-0.25, -0.2) is 0 Å². The van der Waals surface area contributed by atoms with Crippen molar-refractivity contribution >= 4 is 17.2 Å². The Morgan fingerprint density at radius 1 is 1.30 bits per heavy atom. The van der Waals surface area contributed by atoms with Gasteiger partial charge >= 0.3 is 0 Å². The Kier molecular flexibility index (Phi) is 3.21. The van der Waals surface area contributed by atoms with Crippen LogP contribution in [0, 0.1) is 0 Å². The summed E-state index contributed by atoms with van der Waals surface area (Å²) < 4.78 is 7.24. The van der Waals surface area contributed by atoms with Gasteiger partial charge in [-0.05, 0) is 30.3 Å². The number of hydrogen-bond acceptors (Lipinski definition) is 3. The number of nitrogens with zero attached hydrogens (tertiary/aromatic N) is 2. The predicted molar refractivity (Wildman–Crippen MR) is 77.2 cm³/mol. The maximum absolute atomic E-state index is 11.2. The summed E-state index contributed by atoms with van der Waals surface area (Å²) in [7, 11) is 1.62. The molecular formula is C16H14N2O2. The van der Waals surface area contributed by atoms with Gasteiger partial charge in [-0.1, -0.05) is 6.07 Å². The lowest BCUT2D eigenvalue weighted by Crippen LogP contribution is -1.99. The third-order valence-electron chi connectivity index (χ3n) is 3.30. The van der Waals surface area contributed by atoms with E-state index < -0.39 is 0 Å². The SMILES string of the molecule is COc1ccc2c(c1)c(C=O)cn2Cc1ccccn1. The van der Waals surface area contributed by atoms with Crippen molar-refractivity contribution in [1.29, 1.82) is 0 Å². The number of benzene rings is 1. The number of pyridine rings is 1.